The van der Waals surface area contributed by atoms with E-state index in [1.54, 1.807) is 7.11 Å². The predicted molar refractivity (Wildman–Crippen MR) is 45.2 cm³/mol. The molecule has 0 bridgehead atoms. The Morgan fingerprint density at radius 3 is 1.90 bits per heavy atom. The van der Waals surface area contributed by atoms with Gasteiger partial charge in [0.25, 0.3) is 0 Å². The van der Waals surface area contributed by atoms with Crippen molar-refractivity contribution in [2.45, 2.75) is 39.5 Å². The molecule has 0 atom stereocenters. The van der Waals surface area contributed by atoms with Crippen molar-refractivity contribution in [1.82, 2.24) is 0 Å². The van der Waals surface area contributed by atoms with E-state index in [0.717, 1.165) is 12.5 Å². The second kappa shape index (κ2) is 7.07. The molecule has 0 aliphatic heterocycles. The minimum atomic E-state index is 0.806. The number of hydrogen-bond donors (Lipinski definition) is 0. The first-order chi connectivity index (χ1) is 4.85. The first-order valence-electron chi connectivity index (χ1n) is 4.34. The molecule has 0 unspecified atom stereocenters. The lowest BCUT2D eigenvalue weighted by atomic mass is 10.00. The van der Waals surface area contributed by atoms with E-state index in [2.05, 4.69) is 13.8 Å². The maximum absolute atomic E-state index is 5.11. The van der Waals surface area contributed by atoms with Gasteiger partial charge < -0.3 is 4.74 Å². The minimum Gasteiger partial charge on any atom is -0.384 e. The Morgan fingerprint density at radius 1 is 1.10 bits per heavy atom. The van der Waals surface area contributed by atoms with Crippen LogP contribution in [0, 0.1) is 5.92 Å². The van der Waals surface area contributed by atoms with E-state index < -0.39 is 0 Å². The lowest BCUT2D eigenvalue weighted by molar-refractivity contribution is 0.142. The molecule has 0 rings (SSSR count). The van der Waals surface area contributed by atoms with Crippen LogP contribution in [0.2, 0.25) is 0 Å². The van der Waals surface area contributed by atoms with Crippen molar-refractivity contribution in [2.24, 2.45) is 5.92 Å². The standard InChI is InChI=1S/C9H20O/c1-4-6-9(7-5-2)8-10-3/h9H,4-8H2,1-3H3. The number of hydrogen-bond acceptors (Lipinski definition) is 1. The zero-order valence-electron chi connectivity index (χ0n) is 7.52. The van der Waals surface area contributed by atoms with E-state index in [9.17, 15) is 0 Å². The first kappa shape index (κ1) is 9.96. The summed E-state index contributed by atoms with van der Waals surface area (Å²) in [6.45, 7) is 5.42. The molecule has 0 spiro atoms. The summed E-state index contributed by atoms with van der Waals surface area (Å²) < 4.78 is 5.11. The number of ether oxygens (including phenoxy) is 1. The first-order valence-corrected chi connectivity index (χ1v) is 4.34. The van der Waals surface area contributed by atoms with Crippen molar-refractivity contribution in [3.8, 4) is 0 Å². The Morgan fingerprint density at radius 2 is 1.60 bits per heavy atom. The monoisotopic (exact) mass is 144 g/mol. The molecule has 0 N–H and O–H groups in total. The second-order valence-corrected chi connectivity index (χ2v) is 2.90. The van der Waals surface area contributed by atoms with Gasteiger partial charge in [-0.25, -0.2) is 0 Å². The average molecular weight is 144 g/mol. The molecule has 0 radical (unpaired) electrons. The van der Waals surface area contributed by atoms with Crippen LogP contribution in [0.5, 0.6) is 0 Å². The highest BCUT2D eigenvalue weighted by Crippen LogP contribution is 2.12. The molecule has 10 heavy (non-hydrogen) atoms. The van der Waals surface area contributed by atoms with Gasteiger partial charge in [0.15, 0.2) is 0 Å². The third kappa shape index (κ3) is 4.80. The molecule has 0 aromatic heterocycles. The van der Waals surface area contributed by atoms with Gasteiger partial charge in [0.2, 0.25) is 0 Å². The summed E-state index contributed by atoms with van der Waals surface area (Å²) in [7, 11) is 1.79. The van der Waals surface area contributed by atoms with Crippen molar-refractivity contribution >= 4 is 0 Å². The van der Waals surface area contributed by atoms with Crippen molar-refractivity contribution < 1.29 is 4.74 Å². The summed E-state index contributed by atoms with van der Waals surface area (Å²) in [5.74, 6) is 0.806. The molecule has 0 fully saturated rings. The molecule has 62 valence electrons. The van der Waals surface area contributed by atoms with Gasteiger partial charge in [0.05, 0.1) is 0 Å². The fourth-order valence-corrected chi connectivity index (χ4v) is 1.36. The van der Waals surface area contributed by atoms with Crippen LogP contribution in [0.15, 0.2) is 0 Å². The summed E-state index contributed by atoms with van der Waals surface area (Å²) in [5.41, 5.74) is 0. The quantitative estimate of drug-likeness (QED) is 0.557. The highest BCUT2D eigenvalue weighted by atomic mass is 16.5. The van der Waals surface area contributed by atoms with Crippen LogP contribution in [-0.4, -0.2) is 13.7 Å². The number of rotatable bonds is 6. The Hall–Kier alpha value is -0.0400. The van der Waals surface area contributed by atoms with Gasteiger partial charge in [-0.3, -0.25) is 0 Å². The zero-order chi connectivity index (χ0) is 7.82. The highest BCUT2D eigenvalue weighted by Gasteiger charge is 2.04. The van der Waals surface area contributed by atoms with E-state index in [1.807, 2.05) is 0 Å². The fraction of sp³-hybridized carbons (Fsp3) is 1.00. The van der Waals surface area contributed by atoms with E-state index in [4.69, 9.17) is 4.74 Å². The van der Waals surface area contributed by atoms with Crippen molar-refractivity contribution in [3.05, 3.63) is 0 Å². The maximum Gasteiger partial charge on any atom is 0.0490 e. The van der Waals surface area contributed by atoms with Crippen LogP contribution >= 0.6 is 0 Å². The summed E-state index contributed by atoms with van der Waals surface area (Å²) in [6.07, 6.45) is 5.21. The summed E-state index contributed by atoms with van der Waals surface area (Å²) >= 11 is 0. The molecular formula is C9H20O. The molecule has 1 heteroatoms. The van der Waals surface area contributed by atoms with Crippen molar-refractivity contribution in [3.63, 3.8) is 0 Å². The van der Waals surface area contributed by atoms with Crippen LogP contribution in [0.3, 0.4) is 0 Å². The third-order valence-corrected chi connectivity index (χ3v) is 1.80. The molecule has 0 aromatic rings. The molecular weight excluding hydrogens is 124 g/mol. The molecule has 0 heterocycles. The van der Waals surface area contributed by atoms with Gasteiger partial charge in [0, 0.05) is 13.7 Å². The van der Waals surface area contributed by atoms with Gasteiger partial charge in [-0.05, 0) is 18.8 Å². The smallest absolute Gasteiger partial charge is 0.0490 e. The largest absolute Gasteiger partial charge is 0.384 e. The Balaban J connectivity index is 3.30. The Labute approximate surface area is 64.8 Å². The molecule has 0 aliphatic rings. The molecule has 0 aliphatic carbocycles. The second-order valence-electron chi connectivity index (χ2n) is 2.90. The van der Waals surface area contributed by atoms with Gasteiger partial charge in [-0.1, -0.05) is 26.7 Å². The molecule has 0 saturated heterocycles. The molecule has 1 nitrogen and oxygen atoms in total. The summed E-state index contributed by atoms with van der Waals surface area (Å²) in [4.78, 5) is 0. The van der Waals surface area contributed by atoms with E-state index in [0.29, 0.717) is 0 Å². The van der Waals surface area contributed by atoms with Crippen molar-refractivity contribution in [1.29, 1.82) is 0 Å². The highest BCUT2D eigenvalue weighted by molar-refractivity contribution is 4.55. The van der Waals surface area contributed by atoms with Crippen LogP contribution in [0.4, 0.5) is 0 Å². The van der Waals surface area contributed by atoms with Crippen LogP contribution in [-0.2, 0) is 4.74 Å². The lowest BCUT2D eigenvalue weighted by Gasteiger charge is -2.12. The Kier molecular flexibility index (Phi) is 7.04. The van der Waals surface area contributed by atoms with E-state index in [-0.39, 0.29) is 0 Å². The van der Waals surface area contributed by atoms with E-state index in [1.165, 1.54) is 25.7 Å². The molecule has 0 amide bonds. The van der Waals surface area contributed by atoms with Crippen LogP contribution in [0.25, 0.3) is 0 Å². The van der Waals surface area contributed by atoms with Gasteiger partial charge >= 0.3 is 0 Å². The predicted octanol–water partition coefficient (Wildman–Crippen LogP) is 2.85. The lowest BCUT2D eigenvalue weighted by Crippen LogP contribution is -2.07. The Bertz CT molecular complexity index is 47.5. The molecule has 0 saturated carbocycles. The average Bonchev–Trinajstić information content (AvgIpc) is 1.90. The van der Waals surface area contributed by atoms with Gasteiger partial charge in [-0.15, -0.1) is 0 Å². The number of methoxy groups -OCH3 is 1. The third-order valence-electron chi connectivity index (χ3n) is 1.80. The summed E-state index contributed by atoms with van der Waals surface area (Å²) in [5, 5.41) is 0. The van der Waals surface area contributed by atoms with Gasteiger partial charge in [-0.2, -0.15) is 0 Å². The normalized spacial score (nSPS) is 10.8. The topological polar surface area (TPSA) is 9.23 Å². The van der Waals surface area contributed by atoms with Gasteiger partial charge in [0.1, 0.15) is 0 Å². The fourth-order valence-electron chi connectivity index (χ4n) is 1.36. The minimum absolute atomic E-state index is 0.806. The van der Waals surface area contributed by atoms with E-state index >= 15 is 0 Å². The zero-order valence-corrected chi connectivity index (χ0v) is 7.52. The van der Waals surface area contributed by atoms with Crippen molar-refractivity contribution in [2.75, 3.05) is 13.7 Å². The van der Waals surface area contributed by atoms with Crippen LogP contribution in [0.1, 0.15) is 39.5 Å². The summed E-state index contributed by atoms with van der Waals surface area (Å²) in [6, 6.07) is 0. The SMILES string of the molecule is CCCC(CCC)COC. The van der Waals surface area contributed by atoms with Crippen LogP contribution < -0.4 is 0 Å². The molecule has 0 aromatic carbocycles. The maximum atomic E-state index is 5.11.